The van der Waals surface area contributed by atoms with Gasteiger partial charge >= 0.3 is 5.97 Å². The number of esters is 1. The van der Waals surface area contributed by atoms with Crippen LogP contribution in [-0.4, -0.2) is 98.3 Å². The molecule has 1 saturated heterocycles. The van der Waals surface area contributed by atoms with Gasteiger partial charge in [0.25, 0.3) is 0 Å². The van der Waals surface area contributed by atoms with Crippen molar-refractivity contribution in [1.82, 2.24) is 0 Å². The average molecular weight is 442 g/mol. The normalized spacial score (nSPS) is 27.2. The lowest BCUT2D eigenvalue weighted by Gasteiger charge is -2.39. The largest absolute Gasteiger partial charge is 0.504 e. The number of hydrogen-bond acceptors (Lipinski definition) is 11. The van der Waals surface area contributed by atoms with Crippen molar-refractivity contribution in [2.45, 2.75) is 36.8 Å². The number of ether oxygens (including phenoxy) is 3. The third-order valence-corrected chi connectivity index (χ3v) is 4.55. The summed E-state index contributed by atoms with van der Waals surface area (Å²) in [7, 11) is 0. The number of aliphatic hydroxyl groups excluding tert-OH is 5. The molecule has 0 unspecified atom stereocenters. The first-order valence-electron chi connectivity index (χ1n) is 9.28. The Morgan fingerprint density at radius 1 is 1.16 bits per heavy atom. The van der Waals surface area contributed by atoms with Gasteiger partial charge in [0, 0.05) is 6.08 Å². The van der Waals surface area contributed by atoms with Crippen LogP contribution in [0.15, 0.2) is 36.4 Å². The summed E-state index contributed by atoms with van der Waals surface area (Å²) in [6, 6.07) is 3.98. The van der Waals surface area contributed by atoms with Crippen LogP contribution in [0.4, 0.5) is 0 Å². The van der Waals surface area contributed by atoms with Crippen LogP contribution in [0.1, 0.15) is 5.56 Å². The number of carbonyl (C=O) groups excluding carboxylic acids is 1. The van der Waals surface area contributed by atoms with Crippen molar-refractivity contribution in [3.63, 3.8) is 0 Å². The first-order valence-corrected chi connectivity index (χ1v) is 9.28. The molecule has 0 bridgehead atoms. The molecule has 0 radical (unpaired) electrons. The molecule has 1 aliphatic rings. The minimum Gasteiger partial charge on any atom is -0.504 e. The summed E-state index contributed by atoms with van der Waals surface area (Å²) in [5, 5.41) is 67.2. The lowest BCUT2D eigenvalue weighted by atomic mass is 9.99. The number of hydrogen-bond donors (Lipinski definition) is 7. The number of aromatic hydroxyl groups is 2. The van der Waals surface area contributed by atoms with Crippen LogP contribution in [0.25, 0.3) is 6.08 Å². The van der Waals surface area contributed by atoms with Gasteiger partial charge in [-0.1, -0.05) is 12.6 Å². The summed E-state index contributed by atoms with van der Waals surface area (Å²) in [5.41, 5.74) is 0.521. The van der Waals surface area contributed by atoms with Crippen molar-refractivity contribution < 1.29 is 54.8 Å². The van der Waals surface area contributed by atoms with E-state index in [1.165, 1.54) is 24.3 Å². The first-order chi connectivity index (χ1) is 14.6. The molecule has 0 saturated carbocycles. The summed E-state index contributed by atoms with van der Waals surface area (Å²) in [6.07, 6.45) is -6.19. The highest BCUT2D eigenvalue weighted by atomic mass is 16.7. The number of carbonyl (C=O) groups is 1. The van der Waals surface area contributed by atoms with E-state index in [4.69, 9.17) is 19.3 Å². The standard InChI is InChI=1S/C20H26O11/c1-10(8-29-16(25)5-3-11-2-4-12(22)13(23)6-11)14(24)9-30-20-19(28)18(27)17(26)15(7-21)31-20/h2-6,14-15,17-24,26-28H,1,7-9H2/t14-,15-,17-,18+,19-,20-/m1/s1. The van der Waals surface area contributed by atoms with Crippen molar-refractivity contribution in [3.05, 3.63) is 42.0 Å². The van der Waals surface area contributed by atoms with E-state index in [1.54, 1.807) is 0 Å². The fraction of sp³-hybridized carbons (Fsp3) is 0.450. The Hall–Kier alpha value is -2.51. The van der Waals surface area contributed by atoms with Gasteiger partial charge in [-0.05, 0) is 29.3 Å². The van der Waals surface area contributed by atoms with Gasteiger partial charge in [-0.15, -0.1) is 0 Å². The van der Waals surface area contributed by atoms with Gasteiger partial charge in [0.2, 0.25) is 0 Å². The second-order valence-electron chi connectivity index (χ2n) is 6.89. The Labute approximate surface area is 177 Å². The number of rotatable bonds is 9. The summed E-state index contributed by atoms with van der Waals surface area (Å²) in [6.45, 7) is 2.19. The second-order valence-corrected chi connectivity index (χ2v) is 6.89. The Kier molecular flexibility index (Phi) is 8.95. The molecule has 6 atom stereocenters. The number of aliphatic hydroxyl groups is 5. The van der Waals surface area contributed by atoms with E-state index in [1.807, 2.05) is 0 Å². The second kappa shape index (κ2) is 11.2. The van der Waals surface area contributed by atoms with E-state index in [2.05, 4.69) is 6.58 Å². The lowest BCUT2D eigenvalue weighted by Crippen LogP contribution is -2.59. The van der Waals surface area contributed by atoms with Crippen LogP contribution >= 0.6 is 0 Å². The highest BCUT2D eigenvalue weighted by Gasteiger charge is 2.44. The van der Waals surface area contributed by atoms with Gasteiger partial charge < -0.3 is 50.0 Å². The van der Waals surface area contributed by atoms with Crippen LogP contribution in [0.3, 0.4) is 0 Å². The zero-order valence-corrected chi connectivity index (χ0v) is 16.4. The first kappa shape index (κ1) is 24.8. The molecule has 11 nitrogen and oxygen atoms in total. The Bertz CT molecular complexity index is 791. The average Bonchev–Trinajstić information content (AvgIpc) is 2.75. The molecule has 7 N–H and O–H groups in total. The molecule has 1 aromatic carbocycles. The van der Waals surface area contributed by atoms with Crippen LogP contribution < -0.4 is 0 Å². The molecule has 0 spiro atoms. The monoisotopic (exact) mass is 442 g/mol. The number of benzene rings is 1. The molecule has 172 valence electrons. The molecule has 31 heavy (non-hydrogen) atoms. The highest BCUT2D eigenvalue weighted by Crippen LogP contribution is 2.25. The zero-order valence-electron chi connectivity index (χ0n) is 16.4. The van der Waals surface area contributed by atoms with E-state index in [9.17, 15) is 35.4 Å². The predicted octanol–water partition coefficient (Wildman–Crippen LogP) is -1.61. The lowest BCUT2D eigenvalue weighted by molar-refractivity contribution is -0.303. The summed E-state index contributed by atoms with van der Waals surface area (Å²) < 4.78 is 15.3. The maximum absolute atomic E-state index is 11.8. The molecule has 1 aromatic rings. The molecule has 2 rings (SSSR count). The number of phenols is 2. The van der Waals surface area contributed by atoms with Crippen molar-refractivity contribution in [1.29, 1.82) is 0 Å². The van der Waals surface area contributed by atoms with Gasteiger partial charge in [-0.3, -0.25) is 0 Å². The van der Waals surface area contributed by atoms with Crippen molar-refractivity contribution in [3.8, 4) is 11.5 Å². The number of phenolic OH excluding ortho intramolecular Hbond substituents is 2. The van der Waals surface area contributed by atoms with Gasteiger partial charge in [0.1, 0.15) is 37.1 Å². The Balaban J connectivity index is 1.78. The maximum Gasteiger partial charge on any atom is 0.331 e. The third kappa shape index (κ3) is 6.74. The molecule has 1 heterocycles. The van der Waals surface area contributed by atoms with E-state index < -0.39 is 56.0 Å². The molecular weight excluding hydrogens is 416 g/mol. The highest BCUT2D eigenvalue weighted by molar-refractivity contribution is 5.87. The minimum atomic E-state index is -1.61. The zero-order chi connectivity index (χ0) is 23.1. The van der Waals surface area contributed by atoms with Gasteiger partial charge in [0.05, 0.1) is 13.2 Å². The van der Waals surface area contributed by atoms with E-state index >= 15 is 0 Å². The van der Waals surface area contributed by atoms with Crippen LogP contribution in [-0.2, 0) is 19.0 Å². The van der Waals surface area contributed by atoms with Crippen LogP contribution in [0, 0.1) is 0 Å². The minimum absolute atomic E-state index is 0.0774. The van der Waals surface area contributed by atoms with Crippen LogP contribution in [0.2, 0.25) is 0 Å². The fourth-order valence-corrected chi connectivity index (χ4v) is 2.63. The third-order valence-electron chi connectivity index (χ3n) is 4.55. The SMILES string of the molecule is C=C(COC(=O)C=Cc1ccc(O)c(O)c1)[C@H](O)CO[C@@H]1O[C@H](CO)[C@@H](O)[C@H](O)[C@H]1O. The molecule has 11 heteroatoms. The topological polar surface area (TPSA) is 186 Å². The van der Waals surface area contributed by atoms with E-state index in [-0.39, 0.29) is 23.7 Å². The van der Waals surface area contributed by atoms with Crippen molar-refractivity contribution >= 4 is 12.0 Å². The maximum atomic E-state index is 11.8. The molecular formula is C20H26O11. The van der Waals surface area contributed by atoms with E-state index in [0.29, 0.717) is 5.56 Å². The molecule has 0 aliphatic carbocycles. The quantitative estimate of drug-likeness (QED) is 0.101. The summed E-state index contributed by atoms with van der Waals surface area (Å²) in [4.78, 5) is 11.8. The van der Waals surface area contributed by atoms with Crippen molar-refractivity contribution in [2.75, 3.05) is 19.8 Å². The summed E-state index contributed by atoms with van der Waals surface area (Å²) >= 11 is 0. The van der Waals surface area contributed by atoms with Crippen LogP contribution in [0.5, 0.6) is 11.5 Å². The molecule has 1 fully saturated rings. The van der Waals surface area contributed by atoms with Gasteiger partial charge in [-0.25, -0.2) is 4.79 Å². The predicted molar refractivity (Wildman–Crippen MR) is 105 cm³/mol. The Morgan fingerprint density at radius 2 is 1.87 bits per heavy atom. The Morgan fingerprint density at radius 3 is 2.52 bits per heavy atom. The fourth-order valence-electron chi connectivity index (χ4n) is 2.63. The molecule has 0 amide bonds. The van der Waals surface area contributed by atoms with Gasteiger partial charge in [-0.2, -0.15) is 0 Å². The smallest absolute Gasteiger partial charge is 0.331 e. The molecule has 1 aliphatic heterocycles. The van der Waals surface area contributed by atoms with Gasteiger partial charge in [0.15, 0.2) is 17.8 Å². The van der Waals surface area contributed by atoms with E-state index in [0.717, 1.165) is 6.08 Å². The molecule has 0 aromatic heterocycles. The van der Waals surface area contributed by atoms with Crippen molar-refractivity contribution in [2.24, 2.45) is 0 Å². The summed E-state index contributed by atoms with van der Waals surface area (Å²) in [5.74, 6) is -1.39.